The van der Waals surface area contributed by atoms with Crippen molar-refractivity contribution in [1.82, 2.24) is 15.0 Å². The van der Waals surface area contributed by atoms with Gasteiger partial charge in [-0.25, -0.2) is 9.97 Å². The largest absolute Gasteiger partial charge is 0.437 e. The molecule has 2 heterocycles. The van der Waals surface area contributed by atoms with Gasteiger partial charge in [-0.15, -0.1) is 0 Å². The fourth-order valence-corrected chi connectivity index (χ4v) is 1.46. The third kappa shape index (κ3) is 2.50. The van der Waals surface area contributed by atoms with Crippen molar-refractivity contribution in [2.24, 2.45) is 0 Å². The van der Waals surface area contributed by atoms with Gasteiger partial charge in [0.05, 0.1) is 11.8 Å². The molecule has 2 N–H and O–H groups in total. The molecule has 0 aliphatic rings. The number of aryl methyl sites for hydroxylation is 1. The van der Waals surface area contributed by atoms with E-state index < -0.39 is 0 Å². The van der Waals surface area contributed by atoms with Crippen molar-refractivity contribution in [3.05, 3.63) is 35.9 Å². The predicted octanol–water partition coefficient (Wildman–Crippen LogP) is 2.12. The molecule has 0 aliphatic heterocycles. The van der Waals surface area contributed by atoms with Gasteiger partial charge in [-0.1, -0.05) is 6.92 Å². The monoisotopic (exact) mass is 230 g/mol. The number of anilines is 1. The minimum Gasteiger partial charge on any atom is -0.437 e. The highest BCUT2D eigenvalue weighted by molar-refractivity contribution is 5.45. The number of nitrogens with zero attached hydrogens (tertiary/aromatic N) is 3. The molecule has 0 atom stereocenters. The maximum Gasteiger partial charge on any atom is 0.227 e. The summed E-state index contributed by atoms with van der Waals surface area (Å²) in [5, 5.41) is 0. The Balaban J connectivity index is 2.29. The Kier molecular flexibility index (Phi) is 3.18. The molecule has 0 aromatic carbocycles. The van der Waals surface area contributed by atoms with Crippen LogP contribution in [0.3, 0.4) is 0 Å². The minimum atomic E-state index is 0.456. The van der Waals surface area contributed by atoms with E-state index in [0.717, 1.165) is 17.7 Å². The summed E-state index contributed by atoms with van der Waals surface area (Å²) in [6, 6.07) is 3.73. The van der Waals surface area contributed by atoms with Gasteiger partial charge >= 0.3 is 0 Å². The van der Waals surface area contributed by atoms with Crippen LogP contribution in [0.25, 0.3) is 0 Å². The third-order valence-electron chi connectivity index (χ3n) is 2.39. The van der Waals surface area contributed by atoms with Gasteiger partial charge in [0.1, 0.15) is 17.9 Å². The van der Waals surface area contributed by atoms with Gasteiger partial charge in [-0.2, -0.15) is 0 Å². The van der Waals surface area contributed by atoms with Crippen molar-refractivity contribution in [3.8, 4) is 11.6 Å². The lowest BCUT2D eigenvalue weighted by Gasteiger charge is -2.09. The van der Waals surface area contributed by atoms with Gasteiger partial charge < -0.3 is 10.5 Å². The SMILES string of the molecule is CCc1c(N)ncnc1Oc1ccc(C)nc1. The Hall–Kier alpha value is -2.17. The molecule has 0 spiro atoms. The first-order valence-electron chi connectivity index (χ1n) is 5.40. The van der Waals surface area contributed by atoms with Gasteiger partial charge in [-0.05, 0) is 25.5 Å². The molecule has 0 fully saturated rings. The van der Waals surface area contributed by atoms with E-state index in [1.165, 1.54) is 6.33 Å². The Bertz CT molecular complexity index is 510. The second-order valence-electron chi connectivity index (χ2n) is 3.63. The van der Waals surface area contributed by atoms with E-state index in [4.69, 9.17) is 10.5 Å². The Morgan fingerprint density at radius 2 is 2.06 bits per heavy atom. The van der Waals surface area contributed by atoms with Crippen LogP contribution >= 0.6 is 0 Å². The zero-order valence-electron chi connectivity index (χ0n) is 9.84. The molecule has 88 valence electrons. The molecule has 2 rings (SSSR count). The summed E-state index contributed by atoms with van der Waals surface area (Å²) in [4.78, 5) is 12.2. The number of aromatic nitrogens is 3. The summed E-state index contributed by atoms with van der Waals surface area (Å²) in [6.45, 7) is 3.90. The van der Waals surface area contributed by atoms with Crippen molar-refractivity contribution < 1.29 is 4.74 Å². The molecule has 5 nitrogen and oxygen atoms in total. The van der Waals surface area contributed by atoms with E-state index in [1.54, 1.807) is 6.20 Å². The molecule has 0 amide bonds. The maximum absolute atomic E-state index is 5.76. The molecule has 0 saturated heterocycles. The van der Waals surface area contributed by atoms with E-state index in [2.05, 4.69) is 15.0 Å². The van der Waals surface area contributed by atoms with Crippen LogP contribution in [-0.4, -0.2) is 15.0 Å². The zero-order chi connectivity index (χ0) is 12.3. The zero-order valence-corrected chi connectivity index (χ0v) is 9.84. The van der Waals surface area contributed by atoms with Gasteiger partial charge in [0.15, 0.2) is 0 Å². The van der Waals surface area contributed by atoms with Crippen LogP contribution in [0.4, 0.5) is 5.82 Å². The minimum absolute atomic E-state index is 0.456. The number of hydrogen-bond donors (Lipinski definition) is 1. The van der Waals surface area contributed by atoms with E-state index in [-0.39, 0.29) is 0 Å². The van der Waals surface area contributed by atoms with Crippen LogP contribution in [0, 0.1) is 6.92 Å². The molecule has 0 saturated carbocycles. The maximum atomic E-state index is 5.76. The van der Waals surface area contributed by atoms with Gasteiger partial charge in [0, 0.05) is 5.69 Å². The molecule has 0 bridgehead atoms. The number of rotatable bonds is 3. The summed E-state index contributed by atoms with van der Waals surface area (Å²) >= 11 is 0. The third-order valence-corrected chi connectivity index (χ3v) is 2.39. The van der Waals surface area contributed by atoms with Crippen molar-refractivity contribution in [2.75, 3.05) is 5.73 Å². The normalized spacial score (nSPS) is 10.2. The van der Waals surface area contributed by atoms with Crippen LogP contribution in [0.2, 0.25) is 0 Å². The van der Waals surface area contributed by atoms with Crippen molar-refractivity contribution in [3.63, 3.8) is 0 Å². The van der Waals surface area contributed by atoms with E-state index in [9.17, 15) is 0 Å². The van der Waals surface area contributed by atoms with E-state index in [1.807, 2.05) is 26.0 Å². The predicted molar refractivity (Wildman–Crippen MR) is 64.9 cm³/mol. The highest BCUT2D eigenvalue weighted by Gasteiger charge is 2.09. The summed E-state index contributed by atoms with van der Waals surface area (Å²) in [5.74, 6) is 1.59. The number of hydrogen-bond acceptors (Lipinski definition) is 5. The lowest BCUT2D eigenvalue weighted by atomic mass is 10.2. The van der Waals surface area contributed by atoms with Crippen LogP contribution < -0.4 is 10.5 Å². The highest BCUT2D eigenvalue weighted by atomic mass is 16.5. The number of nitrogens with two attached hydrogens (primary N) is 1. The fraction of sp³-hybridized carbons (Fsp3) is 0.250. The molecule has 5 heteroatoms. The van der Waals surface area contributed by atoms with Crippen LogP contribution in [0.5, 0.6) is 11.6 Å². The fourth-order valence-electron chi connectivity index (χ4n) is 1.46. The molecule has 2 aromatic heterocycles. The summed E-state index contributed by atoms with van der Waals surface area (Å²) in [6.07, 6.45) is 3.78. The van der Waals surface area contributed by atoms with Gasteiger partial charge in [0.2, 0.25) is 5.88 Å². The first kappa shape index (κ1) is 11.3. The average molecular weight is 230 g/mol. The topological polar surface area (TPSA) is 73.9 Å². The summed E-state index contributed by atoms with van der Waals surface area (Å²) < 4.78 is 5.64. The van der Waals surface area contributed by atoms with Crippen LogP contribution in [0.15, 0.2) is 24.7 Å². The number of pyridine rings is 1. The summed E-state index contributed by atoms with van der Waals surface area (Å²) in [5.41, 5.74) is 7.52. The van der Waals surface area contributed by atoms with Crippen molar-refractivity contribution >= 4 is 5.82 Å². The number of nitrogen functional groups attached to an aromatic ring is 1. The summed E-state index contributed by atoms with van der Waals surface area (Å²) in [7, 11) is 0. The molecule has 0 radical (unpaired) electrons. The second-order valence-corrected chi connectivity index (χ2v) is 3.63. The van der Waals surface area contributed by atoms with Gasteiger partial charge in [-0.3, -0.25) is 4.98 Å². The Labute approximate surface area is 99.7 Å². The van der Waals surface area contributed by atoms with E-state index in [0.29, 0.717) is 17.4 Å². The standard InChI is InChI=1S/C12H14N4O/c1-3-10-11(13)15-7-16-12(10)17-9-5-4-8(2)14-6-9/h4-7H,3H2,1-2H3,(H2,13,15,16). The lowest BCUT2D eigenvalue weighted by molar-refractivity contribution is 0.453. The molecular weight excluding hydrogens is 216 g/mol. The Morgan fingerprint density at radius 3 is 2.71 bits per heavy atom. The quantitative estimate of drug-likeness (QED) is 0.874. The van der Waals surface area contributed by atoms with Gasteiger partial charge in [0.25, 0.3) is 0 Å². The average Bonchev–Trinajstić information content (AvgIpc) is 2.32. The molecule has 17 heavy (non-hydrogen) atoms. The molecule has 0 unspecified atom stereocenters. The molecule has 0 aliphatic carbocycles. The molecule has 2 aromatic rings. The Morgan fingerprint density at radius 1 is 1.24 bits per heavy atom. The number of ether oxygens (including phenoxy) is 1. The smallest absolute Gasteiger partial charge is 0.227 e. The lowest BCUT2D eigenvalue weighted by Crippen LogP contribution is -2.01. The van der Waals surface area contributed by atoms with Crippen LogP contribution in [-0.2, 0) is 6.42 Å². The van der Waals surface area contributed by atoms with Crippen molar-refractivity contribution in [2.45, 2.75) is 20.3 Å². The van der Waals surface area contributed by atoms with Crippen molar-refractivity contribution in [1.29, 1.82) is 0 Å². The van der Waals surface area contributed by atoms with E-state index >= 15 is 0 Å². The van der Waals surface area contributed by atoms with Crippen LogP contribution in [0.1, 0.15) is 18.2 Å². The second kappa shape index (κ2) is 4.78. The first-order valence-corrected chi connectivity index (χ1v) is 5.40. The first-order chi connectivity index (χ1) is 8.20. The highest BCUT2D eigenvalue weighted by Crippen LogP contribution is 2.25. The molecular formula is C12H14N4O.